The number of amides is 1. The summed E-state index contributed by atoms with van der Waals surface area (Å²) in [5.74, 6) is -0.646. The summed E-state index contributed by atoms with van der Waals surface area (Å²) in [4.78, 5) is 11.2. The van der Waals surface area contributed by atoms with Crippen LogP contribution in [0, 0.1) is 6.92 Å². The van der Waals surface area contributed by atoms with Gasteiger partial charge >= 0.3 is 0 Å². The number of nitrogens with two attached hydrogens (primary N) is 2. The van der Waals surface area contributed by atoms with Gasteiger partial charge < -0.3 is 11.5 Å². The predicted molar refractivity (Wildman–Crippen MR) is 66.4 cm³/mol. The van der Waals surface area contributed by atoms with E-state index >= 15 is 0 Å². The number of carbonyl (C=O) groups excluding carboxylic acids is 1. The predicted octanol–water partition coefficient (Wildman–Crippen LogP) is -0.528. The zero-order chi connectivity index (χ0) is 13.5. The Kier molecular flexibility index (Phi) is 3.14. The molecule has 2 rings (SSSR count). The van der Waals surface area contributed by atoms with Gasteiger partial charge in [-0.25, -0.2) is 13.1 Å². The molecule has 7 heteroatoms. The molecule has 2 atom stereocenters. The molecule has 0 bridgehead atoms. The fourth-order valence-corrected chi connectivity index (χ4v) is 2.98. The van der Waals surface area contributed by atoms with Gasteiger partial charge in [0.25, 0.3) is 0 Å². The number of nitrogens with one attached hydrogen (secondary N) is 1. The molecule has 0 saturated heterocycles. The van der Waals surface area contributed by atoms with E-state index in [0.29, 0.717) is 12.0 Å². The third-order valence-corrected chi connectivity index (χ3v) is 4.42. The molecule has 1 aromatic rings. The molecule has 0 radical (unpaired) electrons. The van der Waals surface area contributed by atoms with E-state index in [1.54, 1.807) is 13.0 Å². The average molecular weight is 269 g/mol. The van der Waals surface area contributed by atoms with Crippen LogP contribution in [0.2, 0.25) is 0 Å². The van der Waals surface area contributed by atoms with Gasteiger partial charge in [-0.2, -0.15) is 0 Å². The number of aryl methyl sites for hydroxylation is 1. The van der Waals surface area contributed by atoms with E-state index in [4.69, 9.17) is 11.5 Å². The molecule has 0 spiro atoms. The quantitative estimate of drug-likeness (QED) is 0.681. The lowest BCUT2D eigenvalue weighted by Crippen LogP contribution is -2.30. The van der Waals surface area contributed by atoms with Crippen molar-refractivity contribution in [3.63, 3.8) is 0 Å². The molecule has 0 aliphatic heterocycles. The number of rotatable bonds is 4. The molecule has 2 unspecified atom stereocenters. The summed E-state index contributed by atoms with van der Waals surface area (Å²) in [5, 5.41) is 0. The van der Waals surface area contributed by atoms with E-state index in [1.165, 1.54) is 12.1 Å². The van der Waals surface area contributed by atoms with Crippen LogP contribution in [0.5, 0.6) is 0 Å². The van der Waals surface area contributed by atoms with Gasteiger partial charge in [-0.05, 0) is 31.0 Å². The first kappa shape index (κ1) is 13.0. The maximum atomic E-state index is 12.0. The second kappa shape index (κ2) is 4.34. The molecule has 6 nitrogen and oxygen atoms in total. The van der Waals surface area contributed by atoms with Crippen molar-refractivity contribution in [1.82, 2.24) is 4.72 Å². The Balaban J connectivity index is 2.33. The molecule has 1 fully saturated rings. The standard InChI is InChI=1S/C11H15N3O3S/c1-6-2-3-7(4-8(6)11(13)15)18(16,17)14-10-5-9(10)12/h2-4,9-10,14H,5,12H2,1H3,(H2,13,15). The Morgan fingerprint density at radius 3 is 2.56 bits per heavy atom. The van der Waals surface area contributed by atoms with E-state index in [9.17, 15) is 13.2 Å². The van der Waals surface area contributed by atoms with Crippen LogP contribution in [-0.4, -0.2) is 26.4 Å². The number of hydrogen-bond acceptors (Lipinski definition) is 4. The van der Waals surface area contributed by atoms with Crippen LogP contribution >= 0.6 is 0 Å². The largest absolute Gasteiger partial charge is 0.366 e. The third-order valence-electron chi connectivity index (χ3n) is 2.93. The second-order valence-corrected chi connectivity index (χ2v) is 6.18. The first-order chi connectivity index (χ1) is 8.31. The molecule has 5 N–H and O–H groups in total. The molecule has 1 saturated carbocycles. The van der Waals surface area contributed by atoms with Gasteiger partial charge in [0.05, 0.1) is 4.90 Å². The zero-order valence-corrected chi connectivity index (χ0v) is 10.7. The van der Waals surface area contributed by atoms with E-state index in [0.717, 1.165) is 0 Å². The molecule has 1 amide bonds. The Morgan fingerprint density at radius 1 is 1.44 bits per heavy atom. The zero-order valence-electron chi connectivity index (χ0n) is 9.88. The maximum Gasteiger partial charge on any atom is 0.249 e. The highest BCUT2D eigenvalue weighted by Gasteiger charge is 2.37. The van der Waals surface area contributed by atoms with Crippen molar-refractivity contribution < 1.29 is 13.2 Å². The highest BCUT2D eigenvalue weighted by molar-refractivity contribution is 7.89. The lowest BCUT2D eigenvalue weighted by Gasteiger charge is -2.08. The van der Waals surface area contributed by atoms with Crippen LogP contribution in [0.3, 0.4) is 0 Å². The summed E-state index contributed by atoms with van der Waals surface area (Å²) in [5.41, 5.74) is 11.6. The molecular weight excluding hydrogens is 254 g/mol. The lowest BCUT2D eigenvalue weighted by molar-refractivity contribution is 0.0999. The molecule has 0 heterocycles. The van der Waals surface area contributed by atoms with Gasteiger partial charge in [-0.3, -0.25) is 4.79 Å². The van der Waals surface area contributed by atoms with E-state index in [1.807, 2.05) is 0 Å². The minimum absolute atomic E-state index is 0.0287. The summed E-state index contributed by atoms with van der Waals surface area (Å²) in [6.07, 6.45) is 0.633. The fourth-order valence-electron chi connectivity index (χ4n) is 1.65. The number of sulfonamides is 1. The summed E-state index contributed by atoms with van der Waals surface area (Å²) in [6.45, 7) is 1.70. The van der Waals surface area contributed by atoms with Gasteiger partial charge in [-0.1, -0.05) is 6.07 Å². The van der Waals surface area contributed by atoms with Gasteiger partial charge in [0.1, 0.15) is 0 Å². The van der Waals surface area contributed by atoms with Crippen LogP contribution in [0.25, 0.3) is 0 Å². The topological polar surface area (TPSA) is 115 Å². The Hall–Kier alpha value is -1.44. The summed E-state index contributed by atoms with van der Waals surface area (Å²) < 4.78 is 26.5. The maximum absolute atomic E-state index is 12.0. The number of benzene rings is 1. The monoisotopic (exact) mass is 269 g/mol. The molecule has 1 aliphatic carbocycles. The average Bonchev–Trinajstić information content (AvgIpc) is 2.92. The van der Waals surface area contributed by atoms with Crippen LogP contribution < -0.4 is 16.2 Å². The number of primary amides is 1. The van der Waals surface area contributed by atoms with Crippen LogP contribution in [0.15, 0.2) is 23.1 Å². The highest BCUT2D eigenvalue weighted by Crippen LogP contribution is 2.22. The summed E-state index contributed by atoms with van der Waals surface area (Å²) in [7, 11) is -3.64. The molecule has 18 heavy (non-hydrogen) atoms. The van der Waals surface area contributed by atoms with Gasteiger partial charge in [0, 0.05) is 17.6 Å². The minimum atomic E-state index is -3.64. The van der Waals surface area contributed by atoms with Crippen molar-refractivity contribution in [2.45, 2.75) is 30.3 Å². The number of carbonyl (C=O) groups is 1. The summed E-state index contributed by atoms with van der Waals surface area (Å²) in [6, 6.07) is 3.95. The van der Waals surface area contributed by atoms with Crippen molar-refractivity contribution in [1.29, 1.82) is 0 Å². The first-order valence-electron chi connectivity index (χ1n) is 5.49. The minimum Gasteiger partial charge on any atom is -0.366 e. The van der Waals surface area contributed by atoms with E-state index < -0.39 is 15.9 Å². The Labute approximate surface area is 105 Å². The normalized spacial score (nSPS) is 22.8. The molecule has 1 aromatic carbocycles. The SMILES string of the molecule is Cc1ccc(S(=O)(=O)NC2CC2N)cc1C(N)=O. The van der Waals surface area contributed by atoms with E-state index in [2.05, 4.69) is 4.72 Å². The first-order valence-corrected chi connectivity index (χ1v) is 6.98. The fraction of sp³-hybridized carbons (Fsp3) is 0.364. The van der Waals surface area contributed by atoms with Crippen molar-refractivity contribution in [3.8, 4) is 0 Å². The van der Waals surface area contributed by atoms with Crippen LogP contribution in [0.1, 0.15) is 22.3 Å². The molecule has 0 aromatic heterocycles. The lowest BCUT2D eigenvalue weighted by atomic mass is 10.1. The van der Waals surface area contributed by atoms with Gasteiger partial charge in [0.2, 0.25) is 15.9 Å². The highest BCUT2D eigenvalue weighted by atomic mass is 32.2. The smallest absolute Gasteiger partial charge is 0.249 e. The molecule has 1 aliphatic rings. The van der Waals surface area contributed by atoms with Crippen molar-refractivity contribution in [2.24, 2.45) is 11.5 Å². The van der Waals surface area contributed by atoms with Crippen LogP contribution in [-0.2, 0) is 10.0 Å². The Morgan fingerprint density at radius 2 is 2.06 bits per heavy atom. The molecular formula is C11H15N3O3S. The van der Waals surface area contributed by atoms with Gasteiger partial charge in [0.15, 0.2) is 0 Å². The molecule has 98 valence electrons. The van der Waals surface area contributed by atoms with Crippen LogP contribution in [0.4, 0.5) is 0 Å². The third kappa shape index (κ3) is 2.53. The Bertz CT molecular complexity index is 598. The van der Waals surface area contributed by atoms with Gasteiger partial charge in [-0.15, -0.1) is 0 Å². The van der Waals surface area contributed by atoms with Crippen molar-refractivity contribution >= 4 is 15.9 Å². The second-order valence-electron chi connectivity index (χ2n) is 4.47. The van der Waals surface area contributed by atoms with E-state index in [-0.39, 0.29) is 22.5 Å². The van der Waals surface area contributed by atoms with Crippen molar-refractivity contribution in [3.05, 3.63) is 29.3 Å². The number of hydrogen-bond donors (Lipinski definition) is 3. The van der Waals surface area contributed by atoms with Crippen molar-refractivity contribution in [2.75, 3.05) is 0 Å². The summed E-state index contributed by atoms with van der Waals surface area (Å²) >= 11 is 0.